The molecule has 0 fully saturated rings. The molecule has 1 aromatic rings. The van der Waals surface area contributed by atoms with Gasteiger partial charge >= 0.3 is 0 Å². The summed E-state index contributed by atoms with van der Waals surface area (Å²) in [4.78, 5) is 4.12. The number of rotatable bonds is 3. The summed E-state index contributed by atoms with van der Waals surface area (Å²) in [6.45, 7) is 4.14. The largest absolute Gasteiger partial charge is 0.478 e. The first-order valence-electron chi connectivity index (χ1n) is 4.06. The van der Waals surface area contributed by atoms with Gasteiger partial charge in [0.1, 0.15) is 5.71 Å². The van der Waals surface area contributed by atoms with Crippen LogP contribution in [0.5, 0.6) is 5.88 Å². The van der Waals surface area contributed by atoms with Crippen LogP contribution in [0.3, 0.4) is 0 Å². The average Bonchev–Trinajstić information content (AvgIpc) is 2.18. The first-order chi connectivity index (χ1) is 6.27. The summed E-state index contributed by atoms with van der Waals surface area (Å²) >= 11 is 0. The summed E-state index contributed by atoms with van der Waals surface area (Å²) in [6, 6.07) is 5.33. The van der Waals surface area contributed by atoms with Crippen molar-refractivity contribution in [2.45, 2.75) is 13.8 Å². The molecule has 0 unspecified atom stereocenters. The fourth-order valence-corrected chi connectivity index (χ4v) is 0.896. The minimum absolute atomic E-state index is 0.474. The molecule has 0 spiro atoms. The Labute approximate surface area is 76.9 Å². The fraction of sp³-hybridized carbons (Fsp3) is 0.333. The van der Waals surface area contributed by atoms with Gasteiger partial charge in [-0.05, 0) is 19.9 Å². The van der Waals surface area contributed by atoms with Crippen molar-refractivity contribution >= 4 is 5.71 Å². The summed E-state index contributed by atoms with van der Waals surface area (Å²) < 4.78 is 5.19. The number of aromatic nitrogens is 1. The highest BCUT2D eigenvalue weighted by molar-refractivity contribution is 5.96. The van der Waals surface area contributed by atoms with E-state index in [1.807, 2.05) is 13.0 Å². The van der Waals surface area contributed by atoms with Crippen LogP contribution in [0.2, 0.25) is 0 Å². The molecule has 0 bridgehead atoms. The van der Waals surface area contributed by atoms with E-state index in [4.69, 9.17) is 9.94 Å². The molecule has 0 saturated carbocycles. The highest BCUT2D eigenvalue weighted by Gasteiger charge is 2.00. The number of oxime groups is 1. The number of hydrogen-bond acceptors (Lipinski definition) is 4. The second kappa shape index (κ2) is 4.45. The normalized spacial score (nSPS) is 11.4. The van der Waals surface area contributed by atoms with Crippen LogP contribution < -0.4 is 4.74 Å². The SMILES string of the molecule is CCOc1cccc(C(C)=NO)n1. The van der Waals surface area contributed by atoms with Crippen molar-refractivity contribution in [1.29, 1.82) is 0 Å². The molecule has 70 valence electrons. The lowest BCUT2D eigenvalue weighted by molar-refractivity contribution is 0.318. The minimum atomic E-state index is 0.474. The van der Waals surface area contributed by atoms with E-state index in [0.29, 0.717) is 23.9 Å². The second-order valence-corrected chi connectivity index (χ2v) is 2.48. The first kappa shape index (κ1) is 9.51. The van der Waals surface area contributed by atoms with Crippen LogP contribution in [0, 0.1) is 0 Å². The van der Waals surface area contributed by atoms with E-state index in [-0.39, 0.29) is 0 Å². The molecule has 0 aliphatic carbocycles. The molecule has 1 rings (SSSR count). The lowest BCUT2D eigenvalue weighted by atomic mass is 10.2. The fourth-order valence-electron chi connectivity index (χ4n) is 0.896. The molecule has 4 nitrogen and oxygen atoms in total. The first-order valence-corrected chi connectivity index (χ1v) is 4.06. The monoisotopic (exact) mass is 180 g/mol. The van der Waals surface area contributed by atoms with Gasteiger partial charge in [-0.25, -0.2) is 4.98 Å². The van der Waals surface area contributed by atoms with Crippen molar-refractivity contribution in [2.75, 3.05) is 6.61 Å². The van der Waals surface area contributed by atoms with Crippen LogP contribution in [-0.2, 0) is 0 Å². The molecule has 1 heterocycles. The van der Waals surface area contributed by atoms with Crippen molar-refractivity contribution in [3.05, 3.63) is 23.9 Å². The molecule has 0 atom stereocenters. The molecular formula is C9H12N2O2. The highest BCUT2D eigenvalue weighted by Crippen LogP contribution is 2.07. The predicted molar refractivity (Wildman–Crippen MR) is 49.4 cm³/mol. The van der Waals surface area contributed by atoms with Crippen LogP contribution in [0.1, 0.15) is 19.5 Å². The van der Waals surface area contributed by atoms with Crippen LogP contribution in [0.25, 0.3) is 0 Å². The van der Waals surface area contributed by atoms with Crippen LogP contribution in [-0.4, -0.2) is 22.5 Å². The Morgan fingerprint density at radius 2 is 2.38 bits per heavy atom. The summed E-state index contributed by atoms with van der Waals surface area (Å²) in [6.07, 6.45) is 0. The molecule has 0 aliphatic rings. The topological polar surface area (TPSA) is 54.7 Å². The predicted octanol–water partition coefficient (Wildman–Crippen LogP) is 1.68. The molecule has 1 N–H and O–H groups in total. The Balaban J connectivity index is 2.91. The van der Waals surface area contributed by atoms with Crippen LogP contribution >= 0.6 is 0 Å². The van der Waals surface area contributed by atoms with Crippen molar-refractivity contribution in [2.24, 2.45) is 5.16 Å². The van der Waals surface area contributed by atoms with Gasteiger partial charge in [-0.3, -0.25) is 0 Å². The van der Waals surface area contributed by atoms with E-state index >= 15 is 0 Å². The van der Waals surface area contributed by atoms with E-state index in [1.165, 1.54) is 0 Å². The Hall–Kier alpha value is -1.58. The maximum atomic E-state index is 8.52. The Kier molecular flexibility index (Phi) is 3.25. The molecule has 1 aromatic heterocycles. The maximum Gasteiger partial charge on any atom is 0.213 e. The van der Waals surface area contributed by atoms with Gasteiger partial charge in [0.2, 0.25) is 5.88 Å². The zero-order chi connectivity index (χ0) is 9.68. The molecular weight excluding hydrogens is 168 g/mol. The van der Waals surface area contributed by atoms with Gasteiger partial charge in [-0.1, -0.05) is 11.2 Å². The van der Waals surface area contributed by atoms with Gasteiger partial charge in [0, 0.05) is 6.07 Å². The minimum Gasteiger partial charge on any atom is -0.478 e. The van der Waals surface area contributed by atoms with E-state index in [1.54, 1.807) is 19.1 Å². The van der Waals surface area contributed by atoms with Crippen LogP contribution in [0.15, 0.2) is 23.4 Å². The smallest absolute Gasteiger partial charge is 0.213 e. The lowest BCUT2D eigenvalue weighted by Crippen LogP contribution is -2.01. The third-order valence-electron chi connectivity index (χ3n) is 1.54. The quantitative estimate of drug-likeness (QED) is 0.437. The average molecular weight is 180 g/mol. The van der Waals surface area contributed by atoms with Gasteiger partial charge in [0.25, 0.3) is 0 Å². The van der Waals surface area contributed by atoms with E-state index in [2.05, 4.69) is 10.1 Å². The summed E-state index contributed by atoms with van der Waals surface area (Å²) in [5.74, 6) is 0.544. The van der Waals surface area contributed by atoms with Gasteiger partial charge < -0.3 is 9.94 Å². The van der Waals surface area contributed by atoms with E-state index in [9.17, 15) is 0 Å². The molecule has 0 aliphatic heterocycles. The van der Waals surface area contributed by atoms with Crippen molar-refractivity contribution in [3.63, 3.8) is 0 Å². The van der Waals surface area contributed by atoms with E-state index in [0.717, 1.165) is 0 Å². The van der Waals surface area contributed by atoms with Gasteiger partial charge in [0.05, 0.1) is 12.3 Å². The van der Waals surface area contributed by atoms with Gasteiger partial charge in [-0.15, -0.1) is 0 Å². The lowest BCUT2D eigenvalue weighted by Gasteiger charge is -2.03. The third kappa shape index (κ3) is 2.43. The molecule has 13 heavy (non-hydrogen) atoms. The molecule has 0 radical (unpaired) electrons. The molecule has 0 aromatic carbocycles. The van der Waals surface area contributed by atoms with Gasteiger partial charge in [0.15, 0.2) is 0 Å². The zero-order valence-corrected chi connectivity index (χ0v) is 7.69. The summed E-state index contributed by atoms with van der Waals surface area (Å²) in [5, 5.41) is 11.6. The maximum absolute atomic E-state index is 8.52. The molecule has 0 saturated heterocycles. The van der Waals surface area contributed by atoms with Crippen molar-refractivity contribution < 1.29 is 9.94 Å². The Morgan fingerprint density at radius 3 is 3.00 bits per heavy atom. The van der Waals surface area contributed by atoms with Crippen molar-refractivity contribution in [1.82, 2.24) is 4.98 Å². The summed E-state index contributed by atoms with van der Waals surface area (Å²) in [5.41, 5.74) is 1.09. The third-order valence-corrected chi connectivity index (χ3v) is 1.54. The number of hydrogen-bond donors (Lipinski definition) is 1. The zero-order valence-electron chi connectivity index (χ0n) is 7.69. The van der Waals surface area contributed by atoms with E-state index < -0.39 is 0 Å². The van der Waals surface area contributed by atoms with Crippen LogP contribution in [0.4, 0.5) is 0 Å². The Morgan fingerprint density at radius 1 is 1.62 bits per heavy atom. The number of pyridine rings is 1. The van der Waals surface area contributed by atoms with Gasteiger partial charge in [-0.2, -0.15) is 0 Å². The number of nitrogens with zero attached hydrogens (tertiary/aromatic N) is 2. The highest BCUT2D eigenvalue weighted by atomic mass is 16.5. The molecule has 0 amide bonds. The number of ether oxygens (including phenoxy) is 1. The van der Waals surface area contributed by atoms with Crippen molar-refractivity contribution in [3.8, 4) is 5.88 Å². The standard InChI is InChI=1S/C9H12N2O2/c1-3-13-9-6-4-5-8(10-9)7(2)11-12/h4-6,12H,3H2,1-2H3. The second-order valence-electron chi connectivity index (χ2n) is 2.48. The Bertz CT molecular complexity index is 310. The molecule has 4 heteroatoms. The summed E-state index contributed by atoms with van der Waals surface area (Å²) in [7, 11) is 0.